The summed E-state index contributed by atoms with van der Waals surface area (Å²) < 4.78 is 5.39. The van der Waals surface area contributed by atoms with Gasteiger partial charge in [0.25, 0.3) is 0 Å². The van der Waals surface area contributed by atoms with Gasteiger partial charge in [-0.15, -0.1) is 0 Å². The lowest BCUT2D eigenvalue weighted by Gasteiger charge is -2.40. The third kappa shape index (κ3) is 4.61. The fraction of sp³-hybridized carbons (Fsp3) is 0.375. The summed E-state index contributed by atoms with van der Waals surface area (Å²) in [6, 6.07) is 13.0. The first kappa shape index (κ1) is 21.1. The molecule has 2 amide bonds. The molecule has 7 nitrogen and oxygen atoms in total. The van der Waals surface area contributed by atoms with Crippen molar-refractivity contribution in [1.82, 2.24) is 4.90 Å². The van der Waals surface area contributed by atoms with Gasteiger partial charge < -0.3 is 10.1 Å². The van der Waals surface area contributed by atoms with Gasteiger partial charge in [0.15, 0.2) is 5.78 Å². The van der Waals surface area contributed by atoms with Gasteiger partial charge in [0.1, 0.15) is 6.61 Å². The molecule has 2 aromatic rings. The Balaban J connectivity index is 1.33. The standard InChI is InChI=1S/C24H27N3O4/c1-16-4-3-5-19-15-31-24(30)27(23(16)19)21-10-12-26(13-11-21)14-22(29)25-20-8-6-18(7-9-20)17(2)28/h3-9,21H,10-15H2,1-2H3,(H,25,29). The van der Waals surface area contributed by atoms with E-state index in [1.807, 2.05) is 30.0 Å². The maximum Gasteiger partial charge on any atom is 0.414 e. The van der Waals surface area contributed by atoms with Crippen LogP contribution in [0.4, 0.5) is 16.2 Å². The van der Waals surface area contributed by atoms with Crippen LogP contribution in [0.5, 0.6) is 0 Å². The largest absolute Gasteiger partial charge is 0.444 e. The lowest BCUT2D eigenvalue weighted by Crippen LogP contribution is -2.50. The van der Waals surface area contributed by atoms with E-state index in [0.717, 1.165) is 42.7 Å². The molecule has 2 heterocycles. The number of nitrogens with zero attached hydrogens (tertiary/aromatic N) is 2. The van der Waals surface area contributed by atoms with E-state index in [-0.39, 0.29) is 23.8 Å². The van der Waals surface area contributed by atoms with Gasteiger partial charge in [-0.1, -0.05) is 18.2 Å². The first-order valence-electron chi connectivity index (χ1n) is 10.6. The molecule has 0 aromatic heterocycles. The van der Waals surface area contributed by atoms with E-state index in [0.29, 0.717) is 24.4 Å². The Kier molecular flexibility index (Phi) is 6.04. The molecule has 0 bridgehead atoms. The van der Waals surface area contributed by atoms with Gasteiger partial charge in [0.05, 0.1) is 12.2 Å². The summed E-state index contributed by atoms with van der Waals surface area (Å²) in [4.78, 5) is 40.3. The number of fused-ring (bicyclic) bond motifs is 1. The summed E-state index contributed by atoms with van der Waals surface area (Å²) in [5, 5.41) is 2.88. The number of para-hydroxylation sites is 1. The Morgan fingerprint density at radius 1 is 1.10 bits per heavy atom. The Morgan fingerprint density at radius 3 is 2.48 bits per heavy atom. The van der Waals surface area contributed by atoms with Crippen LogP contribution in [0.25, 0.3) is 0 Å². The zero-order valence-corrected chi connectivity index (χ0v) is 17.9. The molecule has 0 radical (unpaired) electrons. The van der Waals surface area contributed by atoms with Gasteiger partial charge in [-0.3, -0.25) is 19.4 Å². The predicted molar refractivity (Wildman–Crippen MR) is 118 cm³/mol. The van der Waals surface area contributed by atoms with Crippen molar-refractivity contribution in [3.05, 3.63) is 59.2 Å². The highest BCUT2D eigenvalue weighted by Gasteiger charge is 2.35. The molecule has 1 N–H and O–H groups in total. The van der Waals surface area contributed by atoms with E-state index in [2.05, 4.69) is 10.2 Å². The number of likely N-dealkylation sites (tertiary alicyclic amines) is 1. The highest BCUT2D eigenvalue weighted by atomic mass is 16.6. The van der Waals surface area contributed by atoms with Gasteiger partial charge in [-0.2, -0.15) is 0 Å². The number of benzene rings is 2. The van der Waals surface area contributed by atoms with Gasteiger partial charge >= 0.3 is 6.09 Å². The molecule has 1 fully saturated rings. The van der Waals surface area contributed by atoms with E-state index in [9.17, 15) is 14.4 Å². The van der Waals surface area contributed by atoms with Crippen molar-refractivity contribution in [3.63, 3.8) is 0 Å². The number of hydrogen-bond acceptors (Lipinski definition) is 5. The van der Waals surface area contributed by atoms with Crippen molar-refractivity contribution in [1.29, 1.82) is 0 Å². The van der Waals surface area contributed by atoms with Crippen molar-refractivity contribution in [2.24, 2.45) is 0 Å². The van der Waals surface area contributed by atoms with Crippen LogP contribution in [0.2, 0.25) is 0 Å². The number of carbonyl (C=O) groups excluding carboxylic acids is 3. The van der Waals surface area contributed by atoms with Crippen LogP contribution in [-0.4, -0.2) is 48.4 Å². The average molecular weight is 421 g/mol. The topological polar surface area (TPSA) is 79.0 Å². The molecular weight excluding hydrogens is 394 g/mol. The number of hydrogen-bond donors (Lipinski definition) is 1. The molecule has 2 aliphatic rings. The van der Waals surface area contributed by atoms with E-state index >= 15 is 0 Å². The molecule has 31 heavy (non-hydrogen) atoms. The average Bonchev–Trinajstić information content (AvgIpc) is 2.75. The number of cyclic esters (lactones) is 1. The number of piperidine rings is 1. The van der Waals surface area contributed by atoms with Crippen LogP contribution in [0, 0.1) is 6.92 Å². The molecule has 162 valence electrons. The van der Waals surface area contributed by atoms with E-state index in [1.54, 1.807) is 24.3 Å². The summed E-state index contributed by atoms with van der Waals surface area (Å²) in [6.45, 7) is 5.60. The van der Waals surface area contributed by atoms with Crippen LogP contribution in [0.1, 0.15) is 41.3 Å². The van der Waals surface area contributed by atoms with Crippen molar-refractivity contribution in [2.45, 2.75) is 39.3 Å². The molecule has 0 saturated carbocycles. The highest BCUT2D eigenvalue weighted by molar-refractivity contribution is 5.96. The molecule has 2 aliphatic heterocycles. The number of rotatable bonds is 5. The number of aryl methyl sites for hydroxylation is 1. The summed E-state index contributed by atoms with van der Waals surface area (Å²) >= 11 is 0. The lowest BCUT2D eigenvalue weighted by atomic mass is 9.99. The fourth-order valence-electron chi connectivity index (χ4n) is 4.34. The summed E-state index contributed by atoms with van der Waals surface area (Å²) in [5.41, 5.74) is 4.38. The Morgan fingerprint density at radius 2 is 1.81 bits per heavy atom. The maximum absolute atomic E-state index is 12.5. The summed E-state index contributed by atoms with van der Waals surface area (Å²) in [7, 11) is 0. The van der Waals surface area contributed by atoms with Crippen LogP contribution < -0.4 is 10.2 Å². The molecule has 0 unspecified atom stereocenters. The van der Waals surface area contributed by atoms with E-state index < -0.39 is 0 Å². The van der Waals surface area contributed by atoms with E-state index in [4.69, 9.17) is 4.74 Å². The number of carbonyl (C=O) groups is 3. The van der Waals surface area contributed by atoms with Crippen LogP contribution in [0.3, 0.4) is 0 Å². The van der Waals surface area contributed by atoms with Crippen molar-refractivity contribution in [3.8, 4) is 0 Å². The zero-order chi connectivity index (χ0) is 22.0. The van der Waals surface area contributed by atoms with Crippen molar-refractivity contribution < 1.29 is 19.1 Å². The Hall–Kier alpha value is -3.19. The molecule has 1 saturated heterocycles. The molecule has 0 aliphatic carbocycles. The monoisotopic (exact) mass is 421 g/mol. The zero-order valence-electron chi connectivity index (χ0n) is 17.9. The van der Waals surface area contributed by atoms with Crippen LogP contribution in [-0.2, 0) is 16.1 Å². The minimum Gasteiger partial charge on any atom is -0.444 e. The summed E-state index contributed by atoms with van der Waals surface area (Å²) in [5.74, 6) is -0.0938. The van der Waals surface area contributed by atoms with Crippen LogP contribution >= 0.6 is 0 Å². The molecule has 2 aromatic carbocycles. The number of ether oxygens (including phenoxy) is 1. The third-order valence-corrected chi connectivity index (χ3v) is 5.97. The minimum atomic E-state index is -0.285. The minimum absolute atomic E-state index is 0.00356. The Bertz CT molecular complexity index is 994. The fourth-order valence-corrected chi connectivity index (χ4v) is 4.34. The molecule has 0 atom stereocenters. The molecular formula is C24H27N3O4. The van der Waals surface area contributed by atoms with Crippen molar-refractivity contribution >= 4 is 29.2 Å². The normalized spacial score (nSPS) is 17.1. The van der Waals surface area contributed by atoms with E-state index in [1.165, 1.54) is 6.92 Å². The number of anilines is 2. The van der Waals surface area contributed by atoms with Crippen LogP contribution in [0.15, 0.2) is 42.5 Å². The Labute approximate surface area is 182 Å². The summed E-state index contributed by atoms with van der Waals surface area (Å²) in [6.07, 6.45) is 1.28. The van der Waals surface area contributed by atoms with Gasteiger partial charge in [0, 0.05) is 35.9 Å². The predicted octanol–water partition coefficient (Wildman–Crippen LogP) is 3.76. The van der Waals surface area contributed by atoms with Gasteiger partial charge in [0.2, 0.25) is 5.91 Å². The maximum atomic E-state index is 12.5. The quantitative estimate of drug-likeness (QED) is 0.744. The van der Waals surface area contributed by atoms with Gasteiger partial charge in [-0.25, -0.2) is 4.79 Å². The number of Topliss-reactive ketones (excluding diaryl/α,β-unsaturated/α-hetero) is 1. The molecule has 4 rings (SSSR count). The first-order chi connectivity index (χ1) is 14.9. The second kappa shape index (κ2) is 8.89. The molecule has 7 heteroatoms. The molecule has 0 spiro atoms. The number of ketones is 1. The third-order valence-electron chi connectivity index (χ3n) is 5.97. The number of nitrogens with one attached hydrogen (secondary N) is 1. The first-order valence-corrected chi connectivity index (χ1v) is 10.6. The number of amides is 2. The second-order valence-corrected chi connectivity index (χ2v) is 8.20. The highest BCUT2D eigenvalue weighted by Crippen LogP contribution is 2.34. The second-order valence-electron chi connectivity index (χ2n) is 8.20. The SMILES string of the molecule is CC(=O)c1ccc(NC(=O)CN2CCC(N3C(=O)OCc4cccc(C)c43)CC2)cc1. The smallest absolute Gasteiger partial charge is 0.414 e. The van der Waals surface area contributed by atoms with Crippen molar-refractivity contribution in [2.75, 3.05) is 29.9 Å². The lowest BCUT2D eigenvalue weighted by molar-refractivity contribution is -0.117. The van der Waals surface area contributed by atoms with Gasteiger partial charge in [-0.05, 0) is 56.5 Å².